The molecule has 0 aliphatic carbocycles. The Morgan fingerprint density at radius 2 is 1.75 bits per heavy atom. The maximum Gasteiger partial charge on any atom is 0.227 e. The Balaban J connectivity index is 1.47. The standard InChI is InChI=1S/C23H25FN2O2/c24-20-11-9-17(10-12-20)13-23(28)25-15-19-7-4-8-22(27)26(21(19)16-25)14-18-5-2-1-3-6-18/h1-3,5-6,9-12,19,21H,4,7-8,13-16H2/t19-,21+/m1/s1. The van der Waals surface area contributed by atoms with Crippen LogP contribution in [0.1, 0.15) is 30.4 Å². The summed E-state index contributed by atoms with van der Waals surface area (Å²) >= 11 is 0. The van der Waals surface area contributed by atoms with E-state index in [-0.39, 0.29) is 30.1 Å². The maximum atomic E-state index is 13.1. The van der Waals surface area contributed by atoms with Gasteiger partial charge in [0.05, 0.1) is 12.5 Å². The van der Waals surface area contributed by atoms with Gasteiger partial charge in [-0.25, -0.2) is 4.39 Å². The van der Waals surface area contributed by atoms with Crippen LogP contribution in [0.3, 0.4) is 0 Å². The van der Waals surface area contributed by atoms with Gasteiger partial charge in [-0.05, 0) is 42.0 Å². The second-order valence-electron chi connectivity index (χ2n) is 7.83. The summed E-state index contributed by atoms with van der Waals surface area (Å²) in [6.07, 6.45) is 2.71. The number of nitrogens with zero attached hydrogens (tertiary/aromatic N) is 2. The van der Waals surface area contributed by atoms with Crippen LogP contribution in [0.15, 0.2) is 54.6 Å². The molecular weight excluding hydrogens is 355 g/mol. The van der Waals surface area contributed by atoms with E-state index in [9.17, 15) is 14.0 Å². The Bertz CT molecular complexity index is 837. The number of benzene rings is 2. The number of halogens is 1. The molecule has 4 nitrogen and oxygen atoms in total. The molecule has 5 heteroatoms. The second-order valence-corrected chi connectivity index (χ2v) is 7.83. The maximum absolute atomic E-state index is 13.1. The van der Waals surface area contributed by atoms with Crippen LogP contribution in [-0.4, -0.2) is 40.7 Å². The number of hydrogen-bond donors (Lipinski definition) is 0. The van der Waals surface area contributed by atoms with Crippen LogP contribution in [0.4, 0.5) is 4.39 Å². The molecule has 2 fully saturated rings. The minimum Gasteiger partial charge on any atom is -0.340 e. The molecule has 2 aromatic carbocycles. The van der Waals surface area contributed by atoms with E-state index in [0.29, 0.717) is 32.0 Å². The zero-order valence-corrected chi connectivity index (χ0v) is 15.9. The fourth-order valence-electron chi connectivity index (χ4n) is 4.41. The molecule has 2 aromatic rings. The first kappa shape index (κ1) is 18.7. The van der Waals surface area contributed by atoms with E-state index < -0.39 is 0 Å². The zero-order chi connectivity index (χ0) is 19.5. The quantitative estimate of drug-likeness (QED) is 0.816. The molecule has 0 saturated carbocycles. The summed E-state index contributed by atoms with van der Waals surface area (Å²) in [7, 11) is 0. The predicted octanol–water partition coefficient (Wildman–Crippen LogP) is 3.41. The van der Waals surface area contributed by atoms with Crippen molar-refractivity contribution in [2.45, 2.75) is 38.3 Å². The van der Waals surface area contributed by atoms with Crippen molar-refractivity contribution in [1.29, 1.82) is 0 Å². The van der Waals surface area contributed by atoms with Crippen LogP contribution >= 0.6 is 0 Å². The summed E-state index contributed by atoms with van der Waals surface area (Å²) in [4.78, 5) is 29.4. The molecule has 2 heterocycles. The Kier molecular flexibility index (Phi) is 5.42. The van der Waals surface area contributed by atoms with Gasteiger partial charge in [-0.3, -0.25) is 9.59 Å². The average molecular weight is 380 g/mol. The lowest BCUT2D eigenvalue weighted by molar-refractivity contribution is -0.135. The van der Waals surface area contributed by atoms with Gasteiger partial charge >= 0.3 is 0 Å². The lowest BCUT2D eigenvalue weighted by atomic mass is 9.98. The number of fused-ring (bicyclic) bond motifs is 1. The van der Waals surface area contributed by atoms with Crippen molar-refractivity contribution in [3.8, 4) is 0 Å². The van der Waals surface area contributed by atoms with E-state index in [0.717, 1.165) is 24.0 Å². The van der Waals surface area contributed by atoms with Gasteiger partial charge in [0, 0.05) is 26.1 Å². The highest BCUT2D eigenvalue weighted by Crippen LogP contribution is 2.32. The number of hydrogen-bond acceptors (Lipinski definition) is 2. The first-order chi connectivity index (χ1) is 13.6. The first-order valence-electron chi connectivity index (χ1n) is 9.96. The molecular formula is C23H25FN2O2. The number of amides is 2. The lowest BCUT2D eigenvalue weighted by Crippen LogP contribution is -2.43. The topological polar surface area (TPSA) is 40.6 Å². The predicted molar refractivity (Wildman–Crippen MR) is 105 cm³/mol. The van der Waals surface area contributed by atoms with E-state index in [2.05, 4.69) is 0 Å². The lowest BCUT2D eigenvalue weighted by Gasteiger charge is -2.30. The van der Waals surface area contributed by atoms with Crippen LogP contribution in [0.2, 0.25) is 0 Å². The summed E-state index contributed by atoms with van der Waals surface area (Å²) in [6, 6.07) is 16.2. The van der Waals surface area contributed by atoms with Crippen molar-refractivity contribution in [3.63, 3.8) is 0 Å². The molecule has 28 heavy (non-hydrogen) atoms. The van der Waals surface area contributed by atoms with Gasteiger partial charge in [0.1, 0.15) is 5.82 Å². The van der Waals surface area contributed by atoms with Crippen molar-refractivity contribution in [3.05, 3.63) is 71.5 Å². The largest absolute Gasteiger partial charge is 0.340 e. The van der Waals surface area contributed by atoms with E-state index in [1.165, 1.54) is 12.1 Å². The van der Waals surface area contributed by atoms with Crippen LogP contribution in [0, 0.1) is 11.7 Å². The van der Waals surface area contributed by atoms with Gasteiger partial charge in [-0.2, -0.15) is 0 Å². The van der Waals surface area contributed by atoms with Crippen molar-refractivity contribution in [1.82, 2.24) is 9.80 Å². The van der Waals surface area contributed by atoms with Crippen LogP contribution in [0.25, 0.3) is 0 Å². The number of carbonyl (C=O) groups excluding carboxylic acids is 2. The summed E-state index contributed by atoms with van der Waals surface area (Å²) in [5.41, 5.74) is 1.93. The van der Waals surface area contributed by atoms with Crippen LogP contribution in [0.5, 0.6) is 0 Å². The third kappa shape index (κ3) is 4.08. The molecule has 0 spiro atoms. The third-order valence-corrected chi connectivity index (χ3v) is 5.91. The monoisotopic (exact) mass is 380 g/mol. The van der Waals surface area contributed by atoms with Gasteiger partial charge in [0.2, 0.25) is 11.8 Å². The Morgan fingerprint density at radius 3 is 2.50 bits per heavy atom. The van der Waals surface area contributed by atoms with Crippen LogP contribution < -0.4 is 0 Å². The summed E-state index contributed by atoms with van der Waals surface area (Å²) in [5, 5.41) is 0. The average Bonchev–Trinajstić information content (AvgIpc) is 3.07. The van der Waals surface area contributed by atoms with Gasteiger partial charge in [0.25, 0.3) is 0 Å². The van der Waals surface area contributed by atoms with Crippen molar-refractivity contribution < 1.29 is 14.0 Å². The minimum absolute atomic E-state index is 0.0480. The molecule has 0 bridgehead atoms. The van der Waals surface area contributed by atoms with Gasteiger partial charge in [-0.1, -0.05) is 42.5 Å². The summed E-state index contributed by atoms with van der Waals surface area (Å²) < 4.78 is 13.1. The normalized spacial score (nSPS) is 22.1. The van der Waals surface area contributed by atoms with Crippen molar-refractivity contribution in [2.75, 3.05) is 13.1 Å². The third-order valence-electron chi connectivity index (χ3n) is 5.91. The highest BCUT2D eigenvalue weighted by Gasteiger charge is 2.41. The molecule has 2 aliphatic heterocycles. The summed E-state index contributed by atoms with van der Waals surface area (Å²) in [5.74, 6) is 0.262. The fraction of sp³-hybridized carbons (Fsp3) is 0.391. The Labute approximate surface area is 164 Å². The molecule has 4 rings (SSSR count). The molecule has 146 valence electrons. The van der Waals surface area contributed by atoms with Crippen LogP contribution in [-0.2, 0) is 22.6 Å². The first-order valence-corrected chi connectivity index (χ1v) is 9.96. The molecule has 0 N–H and O–H groups in total. The van der Waals surface area contributed by atoms with E-state index in [1.54, 1.807) is 12.1 Å². The van der Waals surface area contributed by atoms with Crippen molar-refractivity contribution in [2.24, 2.45) is 5.92 Å². The van der Waals surface area contributed by atoms with Gasteiger partial charge in [-0.15, -0.1) is 0 Å². The molecule has 2 atom stereocenters. The molecule has 2 aliphatic rings. The molecule has 0 aromatic heterocycles. The number of likely N-dealkylation sites (tertiary alicyclic amines) is 2. The highest BCUT2D eigenvalue weighted by molar-refractivity contribution is 5.80. The number of carbonyl (C=O) groups is 2. The Morgan fingerprint density at radius 1 is 1.00 bits per heavy atom. The van der Waals surface area contributed by atoms with Gasteiger partial charge < -0.3 is 9.80 Å². The summed E-state index contributed by atoms with van der Waals surface area (Å²) in [6.45, 7) is 1.88. The molecule has 0 unspecified atom stereocenters. The zero-order valence-electron chi connectivity index (χ0n) is 15.9. The van der Waals surface area contributed by atoms with Crippen molar-refractivity contribution >= 4 is 11.8 Å². The minimum atomic E-state index is -0.297. The highest BCUT2D eigenvalue weighted by atomic mass is 19.1. The van der Waals surface area contributed by atoms with E-state index >= 15 is 0 Å². The molecule has 2 amide bonds. The number of rotatable bonds is 4. The Hall–Kier alpha value is -2.69. The smallest absolute Gasteiger partial charge is 0.227 e. The SMILES string of the molecule is O=C(Cc1ccc(F)cc1)N1C[C@H]2CCCC(=O)N(Cc3ccccc3)[C@H]2C1. The van der Waals surface area contributed by atoms with E-state index in [1.807, 2.05) is 40.1 Å². The second kappa shape index (κ2) is 8.13. The molecule has 2 saturated heterocycles. The van der Waals surface area contributed by atoms with Gasteiger partial charge in [0.15, 0.2) is 0 Å². The molecule has 0 radical (unpaired) electrons. The van der Waals surface area contributed by atoms with E-state index in [4.69, 9.17) is 0 Å². The fourth-order valence-corrected chi connectivity index (χ4v) is 4.41.